The largest absolute Gasteiger partial charge is 0.365 e. The molecule has 0 amide bonds. The summed E-state index contributed by atoms with van der Waals surface area (Å²) in [6.07, 6.45) is 3.75. The summed E-state index contributed by atoms with van der Waals surface area (Å²) in [6.45, 7) is 2.38. The highest BCUT2D eigenvalue weighted by Gasteiger charge is 2.21. The number of nitrogens with zero attached hydrogens (tertiary/aromatic N) is 3. The van der Waals surface area contributed by atoms with Crippen molar-refractivity contribution in [1.29, 1.82) is 5.26 Å². The summed E-state index contributed by atoms with van der Waals surface area (Å²) in [5.74, 6) is 0.479. The summed E-state index contributed by atoms with van der Waals surface area (Å²) in [6, 6.07) is 12.8. The van der Waals surface area contributed by atoms with Gasteiger partial charge in [-0.2, -0.15) is 5.26 Å². The van der Waals surface area contributed by atoms with Crippen LogP contribution in [-0.2, 0) is 6.54 Å². The quantitative estimate of drug-likeness (QED) is 0.942. The Morgan fingerprint density at radius 2 is 2.17 bits per heavy atom. The minimum Gasteiger partial charge on any atom is -0.365 e. The van der Waals surface area contributed by atoms with Gasteiger partial charge in [-0.25, -0.2) is 9.37 Å². The zero-order chi connectivity index (χ0) is 16.1. The smallest absolute Gasteiger partial charge is 0.144 e. The molecule has 1 atom stereocenters. The van der Waals surface area contributed by atoms with Gasteiger partial charge in [0, 0.05) is 30.9 Å². The standard InChI is InChI=1S/C18H19FN4/c19-17-8-2-1-5-15(17)12-23-10-4-7-16(13-23)22-18-14(11-20)6-3-9-21-18/h1-3,5-6,8-9,16H,4,7,10,12-13H2,(H,21,22)/t16-/m0/s1. The molecule has 0 aliphatic carbocycles. The highest BCUT2D eigenvalue weighted by molar-refractivity contribution is 5.51. The maximum absolute atomic E-state index is 13.8. The third-order valence-corrected chi connectivity index (χ3v) is 4.13. The number of pyridine rings is 1. The second kappa shape index (κ2) is 7.21. The number of hydrogen-bond acceptors (Lipinski definition) is 4. The van der Waals surface area contributed by atoms with Crippen molar-refractivity contribution in [2.75, 3.05) is 18.4 Å². The van der Waals surface area contributed by atoms with Gasteiger partial charge in [0.05, 0.1) is 5.56 Å². The average Bonchev–Trinajstić information content (AvgIpc) is 2.58. The van der Waals surface area contributed by atoms with E-state index in [2.05, 4.69) is 21.3 Å². The summed E-state index contributed by atoms with van der Waals surface area (Å²) in [7, 11) is 0. The van der Waals surface area contributed by atoms with Crippen molar-refractivity contribution in [3.8, 4) is 6.07 Å². The van der Waals surface area contributed by atoms with Gasteiger partial charge >= 0.3 is 0 Å². The van der Waals surface area contributed by atoms with Crippen molar-refractivity contribution in [2.45, 2.75) is 25.4 Å². The molecule has 1 saturated heterocycles. The molecule has 1 fully saturated rings. The van der Waals surface area contributed by atoms with Crippen LogP contribution < -0.4 is 5.32 Å². The first-order valence-electron chi connectivity index (χ1n) is 7.83. The molecule has 0 spiro atoms. The van der Waals surface area contributed by atoms with Gasteiger partial charge in [0.25, 0.3) is 0 Å². The third-order valence-electron chi connectivity index (χ3n) is 4.13. The van der Waals surface area contributed by atoms with Gasteiger partial charge in [0.2, 0.25) is 0 Å². The van der Waals surface area contributed by atoms with E-state index in [0.29, 0.717) is 17.9 Å². The average molecular weight is 310 g/mol. The first-order valence-corrected chi connectivity index (χ1v) is 7.83. The van der Waals surface area contributed by atoms with E-state index in [4.69, 9.17) is 5.26 Å². The lowest BCUT2D eigenvalue weighted by atomic mass is 10.0. The zero-order valence-corrected chi connectivity index (χ0v) is 12.9. The molecule has 4 nitrogen and oxygen atoms in total. The fourth-order valence-electron chi connectivity index (χ4n) is 2.99. The van der Waals surface area contributed by atoms with Crippen LogP contribution in [0.5, 0.6) is 0 Å². The SMILES string of the molecule is N#Cc1cccnc1N[C@H]1CCCN(Cc2ccccc2F)C1. The Balaban J connectivity index is 1.65. The number of halogens is 1. The van der Waals surface area contributed by atoms with Gasteiger partial charge < -0.3 is 5.32 Å². The highest BCUT2D eigenvalue weighted by Crippen LogP contribution is 2.19. The number of benzene rings is 1. The summed E-state index contributed by atoms with van der Waals surface area (Å²) < 4.78 is 13.8. The molecular weight excluding hydrogens is 291 g/mol. The first kappa shape index (κ1) is 15.4. The Bertz CT molecular complexity index is 710. The monoisotopic (exact) mass is 310 g/mol. The zero-order valence-electron chi connectivity index (χ0n) is 12.9. The first-order chi connectivity index (χ1) is 11.3. The molecule has 0 unspecified atom stereocenters. The number of rotatable bonds is 4. The number of aromatic nitrogens is 1. The van der Waals surface area contributed by atoms with Crippen molar-refractivity contribution in [3.05, 3.63) is 59.5 Å². The molecule has 0 saturated carbocycles. The second-order valence-electron chi connectivity index (χ2n) is 5.82. The van der Waals surface area contributed by atoms with Gasteiger partial charge in [0.1, 0.15) is 17.7 Å². The predicted molar refractivity (Wildman–Crippen MR) is 87.3 cm³/mol. The van der Waals surface area contributed by atoms with Crippen LogP contribution in [-0.4, -0.2) is 29.0 Å². The number of likely N-dealkylation sites (tertiary alicyclic amines) is 1. The molecule has 1 aliphatic rings. The molecule has 118 valence electrons. The lowest BCUT2D eigenvalue weighted by Gasteiger charge is -2.33. The molecule has 0 bridgehead atoms. The minimum absolute atomic E-state index is 0.154. The lowest BCUT2D eigenvalue weighted by molar-refractivity contribution is 0.206. The van der Waals surface area contributed by atoms with Crippen LogP contribution in [0.15, 0.2) is 42.6 Å². The molecular formula is C18H19FN4. The normalized spacial score (nSPS) is 18.3. The molecule has 2 aromatic rings. The Hall–Kier alpha value is -2.45. The van der Waals surface area contributed by atoms with Gasteiger partial charge in [-0.05, 0) is 37.6 Å². The molecule has 2 heterocycles. The van der Waals surface area contributed by atoms with E-state index in [1.54, 1.807) is 24.4 Å². The molecule has 0 radical (unpaired) electrons. The van der Waals surface area contributed by atoms with E-state index < -0.39 is 0 Å². The number of nitriles is 1. The van der Waals surface area contributed by atoms with Crippen molar-refractivity contribution in [2.24, 2.45) is 0 Å². The van der Waals surface area contributed by atoms with Crippen molar-refractivity contribution in [1.82, 2.24) is 9.88 Å². The fourth-order valence-corrected chi connectivity index (χ4v) is 2.99. The Kier molecular flexibility index (Phi) is 4.84. The Morgan fingerprint density at radius 3 is 3.00 bits per heavy atom. The van der Waals surface area contributed by atoms with Gasteiger partial charge in [-0.15, -0.1) is 0 Å². The molecule has 23 heavy (non-hydrogen) atoms. The summed E-state index contributed by atoms with van der Waals surface area (Å²) in [5.41, 5.74) is 1.28. The van der Waals surface area contributed by atoms with Crippen LogP contribution in [0.4, 0.5) is 10.2 Å². The molecule has 1 aromatic heterocycles. The van der Waals surface area contributed by atoms with Crippen LogP contribution in [0, 0.1) is 17.1 Å². The van der Waals surface area contributed by atoms with Crippen molar-refractivity contribution < 1.29 is 4.39 Å². The maximum atomic E-state index is 13.8. The number of hydrogen-bond donors (Lipinski definition) is 1. The van der Waals surface area contributed by atoms with Crippen LogP contribution in [0.2, 0.25) is 0 Å². The van der Waals surface area contributed by atoms with E-state index in [0.717, 1.165) is 31.5 Å². The van der Waals surface area contributed by atoms with Crippen molar-refractivity contribution in [3.63, 3.8) is 0 Å². The lowest BCUT2D eigenvalue weighted by Crippen LogP contribution is -2.42. The molecule has 1 N–H and O–H groups in total. The summed E-state index contributed by atoms with van der Waals surface area (Å²) in [5, 5.41) is 12.5. The minimum atomic E-state index is -0.154. The predicted octanol–water partition coefficient (Wildman–Crippen LogP) is 3.17. The topological polar surface area (TPSA) is 52.0 Å². The third kappa shape index (κ3) is 3.85. The van der Waals surface area contributed by atoms with Crippen molar-refractivity contribution >= 4 is 5.82 Å². The number of piperidine rings is 1. The maximum Gasteiger partial charge on any atom is 0.144 e. The number of anilines is 1. The Labute approximate surface area is 135 Å². The van der Waals surface area contributed by atoms with Crippen LogP contribution in [0.1, 0.15) is 24.0 Å². The molecule has 5 heteroatoms. The van der Waals surface area contributed by atoms with E-state index in [-0.39, 0.29) is 11.9 Å². The molecule has 1 aliphatic heterocycles. The highest BCUT2D eigenvalue weighted by atomic mass is 19.1. The second-order valence-corrected chi connectivity index (χ2v) is 5.82. The van der Waals surface area contributed by atoms with E-state index >= 15 is 0 Å². The van der Waals surface area contributed by atoms with E-state index in [1.807, 2.05) is 12.1 Å². The molecule has 1 aromatic carbocycles. The molecule has 3 rings (SSSR count). The van der Waals surface area contributed by atoms with Gasteiger partial charge in [0.15, 0.2) is 0 Å². The summed E-state index contributed by atoms with van der Waals surface area (Å²) >= 11 is 0. The Morgan fingerprint density at radius 1 is 1.30 bits per heavy atom. The van der Waals surface area contributed by atoms with Crippen LogP contribution >= 0.6 is 0 Å². The van der Waals surface area contributed by atoms with Crippen LogP contribution in [0.3, 0.4) is 0 Å². The van der Waals surface area contributed by atoms with Gasteiger partial charge in [-0.3, -0.25) is 4.90 Å². The summed E-state index contributed by atoms with van der Waals surface area (Å²) in [4.78, 5) is 6.50. The van der Waals surface area contributed by atoms with Gasteiger partial charge in [-0.1, -0.05) is 18.2 Å². The van der Waals surface area contributed by atoms with Crippen LogP contribution in [0.25, 0.3) is 0 Å². The van der Waals surface area contributed by atoms with E-state index in [1.165, 1.54) is 6.07 Å². The fraction of sp³-hybridized carbons (Fsp3) is 0.333. The van der Waals surface area contributed by atoms with E-state index in [9.17, 15) is 4.39 Å². The number of nitrogens with one attached hydrogen (secondary N) is 1.